The van der Waals surface area contributed by atoms with Gasteiger partial charge >= 0.3 is 5.97 Å². The highest BCUT2D eigenvalue weighted by Gasteiger charge is 2.35. The van der Waals surface area contributed by atoms with E-state index in [0.29, 0.717) is 42.9 Å². The summed E-state index contributed by atoms with van der Waals surface area (Å²) >= 11 is 9.69. The van der Waals surface area contributed by atoms with Crippen LogP contribution in [0.5, 0.6) is 17.2 Å². The zero-order valence-electron chi connectivity index (χ0n) is 20.0. The van der Waals surface area contributed by atoms with Crippen molar-refractivity contribution in [3.63, 3.8) is 0 Å². The van der Waals surface area contributed by atoms with E-state index in [4.69, 9.17) is 30.5 Å². The van der Waals surface area contributed by atoms with E-state index in [1.54, 1.807) is 51.5 Å². The van der Waals surface area contributed by atoms with Gasteiger partial charge in [-0.2, -0.15) is 0 Å². The van der Waals surface area contributed by atoms with Gasteiger partial charge in [0, 0.05) is 10.6 Å². The standard InChI is InChI=1S/C25H22ClIN2O6S/c1-12-20(24(31)35-5)21(15-11-14(26)6-7-17(15)32-2)29-23(30)19(36-25(29)28-12)10-13-8-16(27)22(34-4)18(9-13)33-3/h6-11,21H,1-5H3/b19-10-/t21-/m1/s1. The minimum atomic E-state index is -0.838. The van der Waals surface area contributed by atoms with E-state index in [1.165, 1.54) is 30.1 Å². The molecule has 1 atom stereocenters. The maximum absolute atomic E-state index is 13.8. The van der Waals surface area contributed by atoms with Crippen LogP contribution in [0.15, 0.2) is 51.4 Å². The molecule has 0 fully saturated rings. The van der Waals surface area contributed by atoms with Gasteiger partial charge in [-0.3, -0.25) is 9.36 Å². The monoisotopic (exact) mass is 640 g/mol. The van der Waals surface area contributed by atoms with Gasteiger partial charge < -0.3 is 18.9 Å². The molecule has 0 saturated carbocycles. The van der Waals surface area contributed by atoms with Crippen LogP contribution in [0, 0.1) is 3.57 Å². The van der Waals surface area contributed by atoms with Crippen LogP contribution in [-0.2, 0) is 9.53 Å². The minimum Gasteiger partial charge on any atom is -0.496 e. The van der Waals surface area contributed by atoms with Crippen LogP contribution < -0.4 is 29.1 Å². The molecule has 11 heteroatoms. The Bertz CT molecular complexity index is 1580. The lowest BCUT2D eigenvalue weighted by Gasteiger charge is -2.25. The number of carbonyl (C=O) groups is 1. The zero-order valence-corrected chi connectivity index (χ0v) is 23.8. The third-order valence-corrected chi connectivity index (χ3v) is 7.69. The molecule has 0 spiro atoms. The van der Waals surface area contributed by atoms with Gasteiger partial charge in [0.25, 0.3) is 5.56 Å². The number of ether oxygens (including phenoxy) is 4. The first-order valence-corrected chi connectivity index (χ1v) is 12.9. The second-order valence-electron chi connectivity index (χ2n) is 7.70. The summed E-state index contributed by atoms with van der Waals surface area (Å²) in [6.07, 6.45) is 1.76. The van der Waals surface area contributed by atoms with Crippen LogP contribution in [0.25, 0.3) is 6.08 Å². The molecule has 36 heavy (non-hydrogen) atoms. The fourth-order valence-electron chi connectivity index (χ4n) is 4.08. The molecule has 1 aliphatic heterocycles. The predicted octanol–water partition coefficient (Wildman–Crippen LogP) is 3.69. The molecule has 3 aromatic rings. The van der Waals surface area contributed by atoms with Gasteiger partial charge in [-0.05, 0) is 71.5 Å². The Balaban J connectivity index is 2.01. The molecule has 1 aliphatic rings. The summed E-state index contributed by atoms with van der Waals surface area (Å²) in [4.78, 5) is 31.7. The van der Waals surface area contributed by atoms with Crippen molar-refractivity contribution in [2.24, 2.45) is 4.99 Å². The van der Waals surface area contributed by atoms with Gasteiger partial charge in [-0.1, -0.05) is 22.9 Å². The van der Waals surface area contributed by atoms with E-state index in [9.17, 15) is 9.59 Å². The molecule has 0 radical (unpaired) electrons. The summed E-state index contributed by atoms with van der Waals surface area (Å²) in [7, 11) is 5.94. The SMILES string of the molecule is COC(=O)C1=C(C)N=c2s/c(=C\c3cc(I)c(OC)c(OC)c3)c(=O)n2[C@@H]1c1cc(Cl)ccc1OC. The van der Waals surface area contributed by atoms with Crippen LogP contribution in [0.1, 0.15) is 24.1 Å². The number of hydrogen-bond donors (Lipinski definition) is 0. The highest BCUT2D eigenvalue weighted by atomic mass is 127. The Morgan fingerprint density at radius 2 is 1.83 bits per heavy atom. The summed E-state index contributed by atoms with van der Waals surface area (Å²) in [5.41, 5.74) is 1.67. The molecule has 1 aromatic heterocycles. The molecular formula is C25H22ClIN2O6S. The Labute approximate surface area is 229 Å². The van der Waals surface area contributed by atoms with Crippen molar-refractivity contribution in [2.45, 2.75) is 13.0 Å². The van der Waals surface area contributed by atoms with E-state index in [1.807, 2.05) is 6.07 Å². The molecule has 0 saturated heterocycles. The van der Waals surface area contributed by atoms with Crippen molar-refractivity contribution in [1.29, 1.82) is 0 Å². The fourth-order valence-corrected chi connectivity index (χ4v) is 6.15. The van der Waals surface area contributed by atoms with E-state index >= 15 is 0 Å². The Morgan fingerprint density at radius 3 is 2.47 bits per heavy atom. The molecule has 0 aliphatic carbocycles. The normalized spacial score (nSPS) is 15.3. The van der Waals surface area contributed by atoms with Crippen LogP contribution in [-0.4, -0.2) is 39.0 Å². The smallest absolute Gasteiger partial charge is 0.338 e. The van der Waals surface area contributed by atoms with Crippen molar-refractivity contribution in [3.05, 3.63) is 81.0 Å². The predicted molar refractivity (Wildman–Crippen MR) is 146 cm³/mol. The van der Waals surface area contributed by atoms with E-state index < -0.39 is 12.0 Å². The molecule has 0 unspecified atom stereocenters. The number of benzene rings is 2. The summed E-state index contributed by atoms with van der Waals surface area (Å²) in [5, 5.41) is 0.437. The van der Waals surface area contributed by atoms with Crippen molar-refractivity contribution >= 4 is 57.6 Å². The van der Waals surface area contributed by atoms with Crippen molar-refractivity contribution in [2.75, 3.05) is 28.4 Å². The van der Waals surface area contributed by atoms with Gasteiger partial charge in [0.05, 0.1) is 47.8 Å². The summed E-state index contributed by atoms with van der Waals surface area (Å²) < 4.78 is 24.2. The molecule has 0 N–H and O–H groups in total. The van der Waals surface area contributed by atoms with Crippen LogP contribution in [0.4, 0.5) is 0 Å². The third-order valence-electron chi connectivity index (χ3n) is 5.67. The van der Waals surface area contributed by atoms with Crippen LogP contribution in [0.3, 0.4) is 0 Å². The van der Waals surface area contributed by atoms with Crippen LogP contribution >= 0.6 is 45.5 Å². The van der Waals surface area contributed by atoms with E-state index in [0.717, 1.165) is 9.13 Å². The molecule has 0 amide bonds. The second kappa shape index (κ2) is 10.7. The van der Waals surface area contributed by atoms with E-state index in [-0.39, 0.29) is 11.1 Å². The highest BCUT2D eigenvalue weighted by molar-refractivity contribution is 14.1. The summed E-state index contributed by atoms with van der Waals surface area (Å²) in [6, 6.07) is 7.91. The number of fused-ring (bicyclic) bond motifs is 1. The van der Waals surface area contributed by atoms with Gasteiger partial charge in [0.2, 0.25) is 0 Å². The van der Waals surface area contributed by atoms with Crippen molar-refractivity contribution in [1.82, 2.24) is 4.57 Å². The van der Waals surface area contributed by atoms with Crippen LogP contribution in [0.2, 0.25) is 5.02 Å². The number of allylic oxidation sites excluding steroid dienone is 1. The summed E-state index contributed by atoms with van der Waals surface area (Å²) in [6.45, 7) is 1.71. The Hall–Kier alpha value is -2.83. The number of thiazole rings is 1. The lowest BCUT2D eigenvalue weighted by atomic mass is 9.95. The van der Waals surface area contributed by atoms with Crippen molar-refractivity contribution in [3.8, 4) is 17.2 Å². The first-order chi connectivity index (χ1) is 17.2. The number of aromatic nitrogens is 1. The molecular weight excluding hydrogens is 619 g/mol. The number of nitrogens with zero attached hydrogens (tertiary/aromatic N) is 2. The number of methoxy groups -OCH3 is 4. The highest BCUT2D eigenvalue weighted by Crippen LogP contribution is 2.37. The maximum Gasteiger partial charge on any atom is 0.338 e. The van der Waals surface area contributed by atoms with Gasteiger partial charge in [0.15, 0.2) is 16.3 Å². The lowest BCUT2D eigenvalue weighted by molar-refractivity contribution is -0.136. The Morgan fingerprint density at radius 1 is 1.11 bits per heavy atom. The fraction of sp³-hybridized carbons (Fsp3) is 0.240. The Kier molecular flexibility index (Phi) is 7.76. The molecule has 4 rings (SSSR count). The second-order valence-corrected chi connectivity index (χ2v) is 10.3. The first kappa shape index (κ1) is 26.2. The average molecular weight is 641 g/mol. The topological polar surface area (TPSA) is 88.4 Å². The zero-order chi connectivity index (χ0) is 26.1. The molecule has 0 bridgehead atoms. The molecule has 2 aromatic carbocycles. The van der Waals surface area contributed by atoms with Gasteiger partial charge in [0.1, 0.15) is 11.8 Å². The van der Waals surface area contributed by atoms with E-state index in [2.05, 4.69) is 27.6 Å². The number of esters is 1. The van der Waals surface area contributed by atoms with Crippen molar-refractivity contribution < 1.29 is 23.7 Å². The minimum absolute atomic E-state index is 0.234. The number of hydrogen-bond acceptors (Lipinski definition) is 8. The maximum atomic E-state index is 13.8. The lowest BCUT2D eigenvalue weighted by Crippen LogP contribution is -2.40. The van der Waals surface area contributed by atoms with Gasteiger partial charge in [-0.25, -0.2) is 9.79 Å². The number of carbonyl (C=O) groups excluding carboxylic acids is 1. The molecule has 188 valence electrons. The average Bonchev–Trinajstić information content (AvgIpc) is 3.16. The summed E-state index contributed by atoms with van der Waals surface area (Å²) in [5.74, 6) is 1.05. The largest absolute Gasteiger partial charge is 0.496 e. The molecule has 8 nitrogen and oxygen atoms in total. The quantitative estimate of drug-likeness (QED) is 0.302. The van der Waals surface area contributed by atoms with Gasteiger partial charge in [-0.15, -0.1) is 0 Å². The molecule has 2 heterocycles. The first-order valence-electron chi connectivity index (χ1n) is 10.6. The number of rotatable bonds is 6. The third kappa shape index (κ3) is 4.64. The number of halogens is 2.